The van der Waals surface area contributed by atoms with Gasteiger partial charge in [-0.1, -0.05) is 31.3 Å². The quantitative estimate of drug-likeness (QED) is 0.233. The van der Waals surface area contributed by atoms with Crippen LogP contribution in [0, 0.1) is 0 Å². The zero-order chi connectivity index (χ0) is 15.0. The molecule has 0 fully saturated rings. The summed E-state index contributed by atoms with van der Waals surface area (Å²) in [5.41, 5.74) is 6.76. The molecule has 1 aromatic carbocycles. The van der Waals surface area contributed by atoms with Crippen LogP contribution in [0.3, 0.4) is 0 Å². The second kappa shape index (κ2) is 8.58. The molecule has 0 aliphatic rings. The van der Waals surface area contributed by atoms with Crippen LogP contribution >= 0.6 is 15.9 Å². The standard InChI is InChI=1S/C14H20BrN3O2/c1-2-3-4-5-6-13(19)17-12-8-7-10(9-11(12)15)14(16)18-20/h7-9,20H,2-6H2,1H3,(H2,16,18)(H,17,19). The van der Waals surface area contributed by atoms with Gasteiger partial charge >= 0.3 is 0 Å². The van der Waals surface area contributed by atoms with Crippen molar-refractivity contribution in [3.63, 3.8) is 0 Å². The number of carbonyl (C=O) groups excluding carboxylic acids is 1. The first-order valence-corrected chi connectivity index (χ1v) is 7.45. The van der Waals surface area contributed by atoms with Crippen LogP contribution in [0.2, 0.25) is 0 Å². The molecule has 0 atom stereocenters. The predicted molar refractivity (Wildman–Crippen MR) is 84.0 cm³/mol. The number of halogens is 1. The summed E-state index contributed by atoms with van der Waals surface area (Å²) in [6, 6.07) is 5.11. The van der Waals surface area contributed by atoms with Gasteiger partial charge in [-0.05, 0) is 40.5 Å². The van der Waals surface area contributed by atoms with E-state index in [0.29, 0.717) is 22.1 Å². The Kier molecular flexibility index (Phi) is 7.08. The summed E-state index contributed by atoms with van der Waals surface area (Å²) in [5.74, 6) is 0.0292. The van der Waals surface area contributed by atoms with Crippen LogP contribution in [0.15, 0.2) is 27.8 Å². The number of benzene rings is 1. The monoisotopic (exact) mass is 341 g/mol. The summed E-state index contributed by atoms with van der Waals surface area (Å²) in [7, 11) is 0. The summed E-state index contributed by atoms with van der Waals surface area (Å²) >= 11 is 3.36. The minimum atomic E-state index is -0.00153. The van der Waals surface area contributed by atoms with Crippen LogP contribution in [0.4, 0.5) is 5.69 Å². The number of oxime groups is 1. The number of nitrogens with zero attached hydrogens (tertiary/aromatic N) is 1. The van der Waals surface area contributed by atoms with Crippen molar-refractivity contribution >= 4 is 33.4 Å². The minimum absolute atomic E-state index is 0.00153. The van der Waals surface area contributed by atoms with E-state index in [4.69, 9.17) is 10.9 Å². The van der Waals surface area contributed by atoms with Crippen molar-refractivity contribution in [2.24, 2.45) is 10.9 Å². The first-order chi connectivity index (χ1) is 9.58. The summed E-state index contributed by atoms with van der Waals surface area (Å²) in [6.07, 6.45) is 4.81. The van der Waals surface area contributed by atoms with E-state index in [1.165, 1.54) is 0 Å². The highest BCUT2D eigenvalue weighted by atomic mass is 79.9. The summed E-state index contributed by atoms with van der Waals surface area (Å²) in [5, 5.41) is 14.4. The van der Waals surface area contributed by atoms with Crippen LogP contribution in [0.1, 0.15) is 44.6 Å². The average Bonchev–Trinajstić information content (AvgIpc) is 2.45. The van der Waals surface area contributed by atoms with Crippen molar-refractivity contribution in [1.82, 2.24) is 0 Å². The van der Waals surface area contributed by atoms with E-state index < -0.39 is 0 Å². The lowest BCUT2D eigenvalue weighted by Gasteiger charge is -2.09. The van der Waals surface area contributed by atoms with Gasteiger partial charge in [0.05, 0.1) is 5.69 Å². The van der Waals surface area contributed by atoms with Crippen LogP contribution in [0.5, 0.6) is 0 Å². The van der Waals surface area contributed by atoms with Gasteiger partial charge in [-0.3, -0.25) is 4.79 Å². The lowest BCUT2D eigenvalue weighted by molar-refractivity contribution is -0.116. The maximum Gasteiger partial charge on any atom is 0.224 e. The molecular weight excluding hydrogens is 322 g/mol. The van der Waals surface area contributed by atoms with Gasteiger partial charge < -0.3 is 16.3 Å². The van der Waals surface area contributed by atoms with Gasteiger partial charge in [0.15, 0.2) is 5.84 Å². The fourth-order valence-corrected chi connectivity index (χ4v) is 2.24. The third-order valence-corrected chi connectivity index (χ3v) is 3.56. The van der Waals surface area contributed by atoms with Gasteiger partial charge in [0.1, 0.15) is 0 Å². The Labute approximate surface area is 127 Å². The van der Waals surface area contributed by atoms with Crippen molar-refractivity contribution < 1.29 is 10.0 Å². The maximum absolute atomic E-state index is 11.8. The number of carbonyl (C=O) groups is 1. The molecule has 5 nitrogen and oxygen atoms in total. The number of hydrogen-bond acceptors (Lipinski definition) is 3. The molecule has 6 heteroatoms. The Hall–Kier alpha value is -1.56. The molecule has 1 aromatic rings. The molecule has 0 spiro atoms. The fourth-order valence-electron chi connectivity index (χ4n) is 1.76. The molecule has 0 aliphatic heterocycles. The summed E-state index contributed by atoms with van der Waals surface area (Å²) in [4.78, 5) is 11.8. The number of anilines is 1. The van der Waals surface area contributed by atoms with Gasteiger partial charge in [0.25, 0.3) is 0 Å². The van der Waals surface area contributed by atoms with Crippen LogP contribution in [0.25, 0.3) is 0 Å². The van der Waals surface area contributed by atoms with Crippen molar-refractivity contribution in [1.29, 1.82) is 0 Å². The molecule has 4 N–H and O–H groups in total. The predicted octanol–water partition coefficient (Wildman–Crippen LogP) is 3.45. The third kappa shape index (κ3) is 5.21. The zero-order valence-electron chi connectivity index (χ0n) is 11.5. The molecule has 0 aliphatic carbocycles. The molecule has 0 aromatic heterocycles. The number of amides is 1. The van der Waals surface area contributed by atoms with E-state index in [2.05, 4.69) is 33.3 Å². The van der Waals surface area contributed by atoms with Crippen molar-refractivity contribution in [3.05, 3.63) is 28.2 Å². The molecule has 20 heavy (non-hydrogen) atoms. The lowest BCUT2D eigenvalue weighted by atomic mass is 10.1. The third-order valence-electron chi connectivity index (χ3n) is 2.90. The van der Waals surface area contributed by atoms with E-state index in [-0.39, 0.29) is 11.7 Å². The molecule has 0 radical (unpaired) electrons. The first kappa shape index (κ1) is 16.5. The zero-order valence-corrected chi connectivity index (χ0v) is 13.1. The van der Waals surface area contributed by atoms with E-state index >= 15 is 0 Å². The van der Waals surface area contributed by atoms with Gasteiger partial charge in [-0.25, -0.2) is 0 Å². The van der Waals surface area contributed by atoms with Crippen molar-refractivity contribution in [3.8, 4) is 0 Å². The van der Waals surface area contributed by atoms with Gasteiger partial charge in [0, 0.05) is 16.5 Å². The largest absolute Gasteiger partial charge is 0.409 e. The number of nitrogens with two attached hydrogens (primary N) is 1. The Bertz CT molecular complexity index is 489. The summed E-state index contributed by atoms with van der Waals surface area (Å²) in [6.45, 7) is 2.14. The average molecular weight is 342 g/mol. The second-order valence-corrected chi connectivity index (χ2v) is 5.39. The fraction of sp³-hybridized carbons (Fsp3) is 0.429. The normalized spacial score (nSPS) is 11.4. The summed E-state index contributed by atoms with van der Waals surface area (Å²) < 4.78 is 0.698. The number of amidine groups is 1. The Morgan fingerprint density at radius 3 is 2.75 bits per heavy atom. The van der Waals surface area contributed by atoms with Crippen molar-refractivity contribution in [2.75, 3.05) is 5.32 Å². The van der Waals surface area contributed by atoms with E-state index in [1.54, 1.807) is 18.2 Å². The molecule has 0 saturated heterocycles. The van der Waals surface area contributed by atoms with Crippen LogP contribution in [-0.4, -0.2) is 17.0 Å². The molecule has 0 saturated carbocycles. The molecule has 0 bridgehead atoms. The SMILES string of the molecule is CCCCCCC(=O)Nc1ccc(/C(N)=N/O)cc1Br. The second-order valence-electron chi connectivity index (χ2n) is 4.54. The molecule has 1 rings (SSSR count). The molecular formula is C14H20BrN3O2. The van der Waals surface area contributed by atoms with Gasteiger partial charge in [-0.2, -0.15) is 0 Å². The number of rotatable bonds is 7. The van der Waals surface area contributed by atoms with E-state index in [1.807, 2.05) is 0 Å². The number of nitrogens with one attached hydrogen (secondary N) is 1. The highest BCUT2D eigenvalue weighted by Crippen LogP contribution is 2.24. The van der Waals surface area contributed by atoms with Crippen molar-refractivity contribution in [2.45, 2.75) is 39.0 Å². The highest BCUT2D eigenvalue weighted by molar-refractivity contribution is 9.10. The highest BCUT2D eigenvalue weighted by Gasteiger charge is 2.08. The lowest BCUT2D eigenvalue weighted by Crippen LogP contribution is -2.14. The molecule has 1 amide bonds. The molecule has 0 unspecified atom stereocenters. The minimum Gasteiger partial charge on any atom is -0.409 e. The maximum atomic E-state index is 11.8. The number of hydrogen-bond donors (Lipinski definition) is 3. The molecule has 110 valence electrons. The Balaban J connectivity index is 2.58. The Morgan fingerprint density at radius 1 is 1.40 bits per heavy atom. The smallest absolute Gasteiger partial charge is 0.224 e. The van der Waals surface area contributed by atoms with E-state index in [9.17, 15) is 4.79 Å². The topological polar surface area (TPSA) is 87.7 Å². The van der Waals surface area contributed by atoms with E-state index in [0.717, 1.165) is 25.7 Å². The van der Waals surface area contributed by atoms with Crippen LogP contribution < -0.4 is 11.1 Å². The van der Waals surface area contributed by atoms with Gasteiger partial charge in [0.2, 0.25) is 5.91 Å². The Morgan fingerprint density at radius 2 is 2.15 bits per heavy atom. The first-order valence-electron chi connectivity index (χ1n) is 6.65. The molecule has 0 heterocycles. The van der Waals surface area contributed by atoms with Crippen LogP contribution in [-0.2, 0) is 4.79 Å². The number of unbranched alkanes of at least 4 members (excludes halogenated alkanes) is 3. The van der Waals surface area contributed by atoms with Gasteiger partial charge in [-0.15, -0.1) is 0 Å².